The molecule has 2 fully saturated rings. The van der Waals surface area contributed by atoms with E-state index in [-0.39, 0.29) is 29.3 Å². The van der Waals surface area contributed by atoms with Crippen molar-refractivity contribution >= 4 is 54.2 Å². The number of benzene rings is 1. The van der Waals surface area contributed by atoms with Crippen LogP contribution in [0.3, 0.4) is 0 Å². The number of ether oxygens (including phenoxy) is 1. The molecule has 2 aliphatic heterocycles. The number of rotatable bonds is 3. The van der Waals surface area contributed by atoms with Gasteiger partial charge in [-0.05, 0) is 6.07 Å². The number of carbonyl (C=O) groups excluding carboxylic acids is 2. The Morgan fingerprint density at radius 1 is 1.33 bits per heavy atom. The number of hydrogen-bond donors (Lipinski definition) is 1. The highest BCUT2D eigenvalue weighted by Crippen LogP contribution is 2.35. The number of carbonyl (C=O) groups is 2. The molecule has 0 aliphatic carbocycles. The largest absolute Gasteiger partial charge is 0.434 e. The lowest BCUT2D eigenvalue weighted by atomic mass is 10.2. The van der Waals surface area contributed by atoms with Gasteiger partial charge in [-0.25, -0.2) is 22.6 Å². The Kier molecular flexibility index (Phi) is 4.18. The van der Waals surface area contributed by atoms with Crippen LogP contribution in [0.1, 0.15) is 0 Å². The molecule has 0 saturated carbocycles. The normalized spacial score (nSPS) is 22.3. The molecule has 9 nitrogen and oxygen atoms in total. The molecular formula is C15H15FN4O5S2. The van der Waals surface area contributed by atoms with Crippen LogP contribution in [0.15, 0.2) is 12.1 Å². The van der Waals surface area contributed by atoms with Gasteiger partial charge in [0.1, 0.15) is 5.52 Å². The van der Waals surface area contributed by atoms with Crippen molar-refractivity contribution in [3.8, 4) is 0 Å². The molecule has 2 amide bonds. The van der Waals surface area contributed by atoms with Gasteiger partial charge in [0, 0.05) is 19.2 Å². The Balaban J connectivity index is 1.64. The van der Waals surface area contributed by atoms with Gasteiger partial charge >= 0.3 is 6.09 Å². The molecule has 2 saturated heterocycles. The van der Waals surface area contributed by atoms with E-state index in [1.807, 2.05) is 0 Å². The predicted octanol–water partition coefficient (Wildman–Crippen LogP) is 0.481. The Bertz CT molecular complexity index is 1040. The van der Waals surface area contributed by atoms with Crippen molar-refractivity contribution in [2.24, 2.45) is 5.73 Å². The van der Waals surface area contributed by atoms with E-state index in [0.717, 1.165) is 11.0 Å². The first kappa shape index (κ1) is 17.9. The summed E-state index contributed by atoms with van der Waals surface area (Å²) in [4.78, 5) is 30.4. The lowest BCUT2D eigenvalue weighted by Gasteiger charge is -2.25. The fourth-order valence-corrected chi connectivity index (χ4v) is 5.25. The SMILES string of the molecule is NC(=O)[C@H]1CN(c2cc(F)c3nc(N4CCS(=O)(=O)CC4)sc3c2)C(=O)O1. The minimum atomic E-state index is -3.03. The average molecular weight is 414 g/mol. The van der Waals surface area contributed by atoms with E-state index in [0.29, 0.717) is 22.9 Å². The zero-order chi connectivity index (χ0) is 19.3. The van der Waals surface area contributed by atoms with Gasteiger partial charge in [0.15, 0.2) is 26.9 Å². The molecule has 1 atom stereocenters. The number of cyclic esters (lactones) is 1. The predicted molar refractivity (Wildman–Crippen MR) is 97.3 cm³/mol. The van der Waals surface area contributed by atoms with Crippen LogP contribution < -0.4 is 15.5 Å². The molecule has 144 valence electrons. The van der Waals surface area contributed by atoms with Crippen LogP contribution in [0.25, 0.3) is 10.2 Å². The number of halogens is 1. The molecule has 1 aromatic heterocycles. The number of amides is 2. The maximum atomic E-state index is 14.5. The van der Waals surface area contributed by atoms with Gasteiger partial charge in [0.05, 0.1) is 28.4 Å². The minimum absolute atomic E-state index is 0.0325. The van der Waals surface area contributed by atoms with E-state index in [9.17, 15) is 22.4 Å². The molecular weight excluding hydrogens is 399 g/mol. The molecule has 2 N–H and O–H groups in total. The van der Waals surface area contributed by atoms with Gasteiger partial charge in [0.2, 0.25) is 0 Å². The van der Waals surface area contributed by atoms with E-state index >= 15 is 0 Å². The summed E-state index contributed by atoms with van der Waals surface area (Å²) in [5, 5.41) is 0.523. The Morgan fingerprint density at radius 3 is 2.67 bits per heavy atom. The third-order valence-corrected chi connectivity index (χ3v) is 7.15. The average Bonchev–Trinajstić information content (AvgIpc) is 3.19. The summed E-state index contributed by atoms with van der Waals surface area (Å²) in [6, 6.07) is 2.74. The molecule has 4 rings (SSSR count). The highest BCUT2D eigenvalue weighted by Gasteiger charge is 2.36. The zero-order valence-corrected chi connectivity index (χ0v) is 15.6. The number of fused-ring (bicyclic) bond motifs is 1. The topological polar surface area (TPSA) is 123 Å². The van der Waals surface area contributed by atoms with Crippen LogP contribution in [0.5, 0.6) is 0 Å². The molecule has 27 heavy (non-hydrogen) atoms. The van der Waals surface area contributed by atoms with Crippen molar-refractivity contribution in [1.29, 1.82) is 0 Å². The third kappa shape index (κ3) is 3.30. The number of nitrogens with zero attached hydrogens (tertiary/aromatic N) is 3. The van der Waals surface area contributed by atoms with Crippen molar-refractivity contribution in [1.82, 2.24) is 4.98 Å². The highest BCUT2D eigenvalue weighted by molar-refractivity contribution is 7.91. The molecule has 3 heterocycles. The van der Waals surface area contributed by atoms with Crippen molar-refractivity contribution in [3.63, 3.8) is 0 Å². The summed E-state index contributed by atoms with van der Waals surface area (Å²) >= 11 is 1.21. The summed E-state index contributed by atoms with van der Waals surface area (Å²) in [7, 11) is -3.03. The van der Waals surface area contributed by atoms with E-state index in [1.165, 1.54) is 11.3 Å². The number of anilines is 2. The summed E-state index contributed by atoms with van der Waals surface area (Å²) in [6.45, 7) is 0.513. The smallest absolute Gasteiger partial charge is 0.415 e. The fourth-order valence-electron chi connectivity index (χ4n) is 2.98. The van der Waals surface area contributed by atoms with Crippen LogP contribution in [0.2, 0.25) is 0 Å². The molecule has 0 spiro atoms. The standard InChI is InChI=1S/C15H15FN4O5S2/c16-9-5-8(20-7-10(13(17)21)25-15(20)22)6-11-12(9)18-14(26-11)19-1-3-27(23,24)4-2-19/h5-6,10H,1-4,7H2,(H2,17,21)/t10-/m1/s1. The van der Waals surface area contributed by atoms with Gasteiger partial charge in [-0.1, -0.05) is 11.3 Å². The molecule has 0 bridgehead atoms. The van der Waals surface area contributed by atoms with Gasteiger partial charge < -0.3 is 15.4 Å². The van der Waals surface area contributed by atoms with Crippen molar-refractivity contribution < 1.29 is 27.1 Å². The van der Waals surface area contributed by atoms with Crippen molar-refractivity contribution in [2.75, 3.05) is 40.9 Å². The molecule has 0 radical (unpaired) electrons. The maximum Gasteiger partial charge on any atom is 0.415 e. The number of thiazole rings is 1. The van der Waals surface area contributed by atoms with Crippen LogP contribution in [-0.2, 0) is 19.4 Å². The first-order chi connectivity index (χ1) is 12.7. The summed E-state index contributed by atoms with van der Waals surface area (Å²) in [5.41, 5.74) is 5.54. The van der Waals surface area contributed by atoms with Gasteiger partial charge in [-0.15, -0.1) is 0 Å². The van der Waals surface area contributed by atoms with Gasteiger partial charge in [-0.2, -0.15) is 0 Å². The Hall–Kier alpha value is -2.47. The molecule has 1 aromatic carbocycles. The fraction of sp³-hybridized carbons (Fsp3) is 0.400. The summed E-state index contributed by atoms with van der Waals surface area (Å²) < 4.78 is 43.1. The minimum Gasteiger partial charge on any atom is -0.434 e. The summed E-state index contributed by atoms with van der Waals surface area (Å²) in [5.74, 6) is -1.33. The van der Waals surface area contributed by atoms with Crippen LogP contribution in [0.4, 0.5) is 20.0 Å². The second-order valence-electron chi connectivity index (χ2n) is 6.30. The quantitative estimate of drug-likeness (QED) is 0.775. The molecule has 2 aromatic rings. The first-order valence-corrected chi connectivity index (χ1v) is 10.7. The molecule has 2 aliphatic rings. The van der Waals surface area contributed by atoms with Crippen molar-refractivity contribution in [3.05, 3.63) is 17.9 Å². The van der Waals surface area contributed by atoms with Crippen LogP contribution in [0, 0.1) is 5.82 Å². The van der Waals surface area contributed by atoms with E-state index in [1.54, 1.807) is 11.0 Å². The number of hydrogen-bond acceptors (Lipinski definition) is 8. The van der Waals surface area contributed by atoms with Crippen LogP contribution in [-0.4, -0.2) is 62.6 Å². The number of primary amides is 1. The first-order valence-electron chi connectivity index (χ1n) is 8.06. The van der Waals surface area contributed by atoms with E-state index in [2.05, 4.69) is 4.98 Å². The zero-order valence-electron chi connectivity index (χ0n) is 13.9. The van der Waals surface area contributed by atoms with E-state index in [4.69, 9.17) is 10.5 Å². The number of nitrogens with two attached hydrogens (primary N) is 1. The molecule has 12 heteroatoms. The Labute approximate surface area is 157 Å². The number of sulfone groups is 1. The Morgan fingerprint density at radius 2 is 2.04 bits per heavy atom. The van der Waals surface area contributed by atoms with Gasteiger partial charge in [0.25, 0.3) is 5.91 Å². The van der Waals surface area contributed by atoms with Crippen molar-refractivity contribution in [2.45, 2.75) is 6.10 Å². The monoisotopic (exact) mass is 414 g/mol. The third-order valence-electron chi connectivity index (χ3n) is 4.48. The van der Waals surface area contributed by atoms with Gasteiger partial charge in [-0.3, -0.25) is 9.69 Å². The lowest BCUT2D eigenvalue weighted by molar-refractivity contribution is -0.124. The lowest BCUT2D eigenvalue weighted by Crippen LogP contribution is -2.40. The van der Waals surface area contributed by atoms with Crippen LogP contribution >= 0.6 is 11.3 Å². The maximum absolute atomic E-state index is 14.5. The summed E-state index contributed by atoms with van der Waals surface area (Å²) in [6.07, 6.45) is -1.85. The highest BCUT2D eigenvalue weighted by atomic mass is 32.2. The van der Waals surface area contributed by atoms with E-state index < -0.39 is 33.8 Å². The second-order valence-corrected chi connectivity index (χ2v) is 9.61. The number of aromatic nitrogens is 1. The second kappa shape index (κ2) is 6.30. The molecule has 0 unspecified atom stereocenters.